The van der Waals surface area contributed by atoms with Gasteiger partial charge in [-0.2, -0.15) is 0 Å². The van der Waals surface area contributed by atoms with Crippen molar-refractivity contribution in [2.75, 3.05) is 13.6 Å². The van der Waals surface area contributed by atoms with E-state index in [2.05, 4.69) is 27.9 Å². The number of para-hydroxylation sites is 1. The number of benzene rings is 1. The quantitative estimate of drug-likeness (QED) is 0.866. The van der Waals surface area contributed by atoms with Crippen molar-refractivity contribution < 1.29 is 9.53 Å². The highest BCUT2D eigenvalue weighted by Crippen LogP contribution is 2.18. The summed E-state index contributed by atoms with van der Waals surface area (Å²) in [6.45, 7) is 3.54. The van der Waals surface area contributed by atoms with Crippen LogP contribution in [0.2, 0.25) is 0 Å². The molecule has 5 nitrogen and oxygen atoms in total. The first-order valence-electron chi connectivity index (χ1n) is 6.94. The summed E-state index contributed by atoms with van der Waals surface area (Å²) in [5, 5.41) is 0. The maximum absolute atomic E-state index is 11.1. The van der Waals surface area contributed by atoms with Gasteiger partial charge in [0.15, 0.2) is 0 Å². The number of aromatic amines is 1. The molecular weight excluding hydrogens is 254 g/mol. The molecule has 1 aliphatic rings. The van der Waals surface area contributed by atoms with Crippen molar-refractivity contribution >= 4 is 17.0 Å². The molecular formula is C15H19N3O2. The second-order valence-electron chi connectivity index (χ2n) is 5.50. The van der Waals surface area contributed by atoms with Gasteiger partial charge in [0, 0.05) is 13.0 Å². The van der Waals surface area contributed by atoms with Crippen molar-refractivity contribution in [1.29, 1.82) is 0 Å². The first kappa shape index (κ1) is 13.1. The van der Waals surface area contributed by atoms with Crippen LogP contribution in [0.1, 0.15) is 24.2 Å². The van der Waals surface area contributed by atoms with E-state index in [0.717, 1.165) is 36.4 Å². The van der Waals surface area contributed by atoms with Crippen LogP contribution in [0.15, 0.2) is 18.2 Å². The number of carbonyl (C=O) groups is 1. The summed E-state index contributed by atoms with van der Waals surface area (Å²) in [4.78, 5) is 21.2. The fourth-order valence-electron chi connectivity index (χ4n) is 2.68. The van der Waals surface area contributed by atoms with Crippen LogP contribution in [-0.2, 0) is 16.1 Å². The third kappa shape index (κ3) is 2.67. The number of carbonyl (C=O) groups excluding carboxylic acids is 1. The second kappa shape index (κ2) is 5.25. The molecule has 0 unspecified atom stereocenters. The fourth-order valence-corrected chi connectivity index (χ4v) is 2.68. The lowest BCUT2D eigenvalue weighted by Crippen LogP contribution is -2.29. The predicted molar refractivity (Wildman–Crippen MR) is 76.3 cm³/mol. The summed E-state index contributed by atoms with van der Waals surface area (Å²) in [5.41, 5.74) is 3.28. The molecule has 1 aromatic carbocycles. The van der Waals surface area contributed by atoms with Crippen LogP contribution in [-0.4, -0.2) is 40.5 Å². The fraction of sp³-hybridized carbons (Fsp3) is 0.467. The standard InChI is InChI=1S/C15H19N3O2/c1-10-4-3-5-12-15(10)17-13(16-12)9-18(2)8-11-6-7-14(19)20-11/h3-5,11H,6-9H2,1-2H3,(H,16,17)/t11-/m1/s1. The Morgan fingerprint density at radius 2 is 2.35 bits per heavy atom. The highest BCUT2D eigenvalue weighted by Gasteiger charge is 2.24. The second-order valence-corrected chi connectivity index (χ2v) is 5.50. The summed E-state index contributed by atoms with van der Waals surface area (Å²) < 4.78 is 5.24. The van der Waals surface area contributed by atoms with E-state index in [-0.39, 0.29) is 12.1 Å². The number of nitrogens with zero attached hydrogens (tertiary/aromatic N) is 2. The average Bonchev–Trinajstić information content (AvgIpc) is 2.96. The van der Waals surface area contributed by atoms with Gasteiger partial charge in [-0.3, -0.25) is 9.69 Å². The van der Waals surface area contributed by atoms with Crippen molar-refractivity contribution in [3.05, 3.63) is 29.6 Å². The van der Waals surface area contributed by atoms with Crippen LogP contribution >= 0.6 is 0 Å². The Morgan fingerprint density at radius 3 is 3.05 bits per heavy atom. The van der Waals surface area contributed by atoms with Gasteiger partial charge in [-0.15, -0.1) is 0 Å². The molecule has 1 N–H and O–H groups in total. The number of hydrogen-bond acceptors (Lipinski definition) is 4. The van der Waals surface area contributed by atoms with E-state index in [1.165, 1.54) is 5.56 Å². The monoisotopic (exact) mass is 273 g/mol. The van der Waals surface area contributed by atoms with Crippen LogP contribution in [0.5, 0.6) is 0 Å². The molecule has 1 aromatic heterocycles. The molecule has 0 saturated carbocycles. The van der Waals surface area contributed by atoms with Crippen molar-refractivity contribution in [2.24, 2.45) is 0 Å². The minimum Gasteiger partial charge on any atom is -0.461 e. The van der Waals surface area contributed by atoms with Gasteiger partial charge in [0.25, 0.3) is 0 Å². The molecule has 5 heteroatoms. The minimum atomic E-state index is -0.0808. The summed E-state index contributed by atoms with van der Waals surface area (Å²) >= 11 is 0. The van der Waals surface area contributed by atoms with Gasteiger partial charge < -0.3 is 9.72 Å². The van der Waals surface area contributed by atoms with Gasteiger partial charge in [-0.25, -0.2) is 4.98 Å². The third-order valence-electron chi connectivity index (χ3n) is 3.67. The number of imidazole rings is 1. The SMILES string of the molecule is Cc1cccc2[nH]c(CN(C)C[C@H]3CCC(=O)O3)nc12. The van der Waals surface area contributed by atoms with Crippen molar-refractivity contribution in [1.82, 2.24) is 14.9 Å². The van der Waals surface area contributed by atoms with Crippen LogP contribution in [0, 0.1) is 6.92 Å². The van der Waals surface area contributed by atoms with E-state index in [0.29, 0.717) is 6.42 Å². The van der Waals surface area contributed by atoms with E-state index >= 15 is 0 Å². The molecule has 1 saturated heterocycles. The Kier molecular flexibility index (Phi) is 3.44. The molecule has 3 rings (SSSR count). The molecule has 0 radical (unpaired) electrons. The molecule has 1 fully saturated rings. The Hall–Kier alpha value is -1.88. The number of fused-ring (bicyclic) bond motifs is 1. The molecule has 20 heavy (non-hydrogen) atoms. The zero-order valence-corrected chi connectivity index (χ0v) is 11.8. The van der Waals surface area contributed by atoms with E-state index in [9.17, 15) is 4.79 Å². The van der Waals surface area contributed by atoms with Gasteiger partial charge in [-0.1, -0.05) is 12.1 Å². The largest absolute Gasteiger partial charge is 0.461 e. The first-order valence-corrected chi connectivity index (χ1v) is 6.94. The number of aromatic nitrogens is 2. The number of aryl methyl sites for hydroxylation is 1. The zero-order valence-electron chi connectivity index (χ0n) is 11.8. The van der Waals surface area contributed by atoms with E-state index in [1.54, 1.807) is 0 Å². The molecule has 0 aliphatic carbocycles. The summed E-state index contributed by atoms with van der Waals surface area (Å²) in [5.74, 6) is 0.865. The van der Waals surface area contributed by atoms with Crippen molar-refractivity contribution in [3.8, 4) is 0 Å². The van der Waals surface area contributed by atoms with E-state index in [4.69, 9.17) is 4.74 Å². The number of cyclic esters (lactones) is 1. The van der Waals surface area contributed by atoms with Crippen LogP contribution in [0.25, 0.3) is 11.0 Å². The number of rotatable bonds is 4. The lowest BCUT2D eigenvalue weighted by Gasteiger charge is -2.18. The molecule has 1 aliphatic heterocycles. The Bertz CT molecular complexity index is 635. The average molecular weight is 273 g/mol. The van der Waals surface area contributed by atoms with Crippen molar-refractivity contribution in [3.63, 3.8) is 0 Å². The lowest BCUT2D eigenvalue weighted by atomic mass is 10.2. The summed E-state index contributed by atoms with van der Waals surface area (Å²) in [6.07, 6.45) is 1.39. The predicted octanol–water partition coefficient (Wildman–Crippen LogP) is 2.01. The third-order valence-corrected chi connectivity index (χ3v) is 3.67. The Morgan fingerprint density at radius 1 is 1.50 bits per heavy atom. The zero-order chi connectivity index (χ0) is 14.1. The number of likely N-dealkylation sites (N-methyl/N-ethyl adjacent to an activating group) is 1. The van der Waals surface area contributed by atoms with Crippen LogP contribution in [0.4, 0.5) is 0 Å². The van der Waals surface area contributed by atoms with Gasteiger partial charge in [0.05, 0.1) is 17.6 Å². The van der Waals surface area contributed by atoms with Crippen LogP contribution in [0.3, 0.4) is 0 Å². The van der Waals surface area contributed by atoms with E-state index < -0.39 is 0 Å². The molecule has 2 heterocycles. The van der Waals surface area contributed by atoms with Gasteiger partial charge in [-0.05, 0) is 32.0 Å². The number of ether oxygens (including phenoxy) is 1. The highest BCUT2D eigenvalue weighted by atomic mass is 16.5. The maximum Gasteiger partial charge on any atom is 0.306 e. The molecule has 0 spiro atoms. The van der Waals surface area contributed by atoms with Gasteiger partial charge >= 0.3 is 5.97 Å². The summed E-state index contributed by atoms with van der Waals surface area (Å²) in [6, 6.07) is 6.13. The number of H-pyrrole nitrogens is 1. The molecule has 1 atom stereocenters. The number of hydrogen-bond donors (Lipinski definition) is 1. The Labute approximate surface area is 117 Å². The smallest absolute Gasteiger partial charge is 0.306 e. The molecule has 106 valence electrons. The molecule has 0 amide bonds. The van der Waals surface area contributed by atoms with Crippen LogP contribution < -0.4 is 0 Å². The van der Waals surface area contributed by atoms with Crippen molar-refractivity contribution in [2.45, 2.75) is 32.4 Å². The van der Waals surface area contributed by atoms with E-state index in [1.807, 2.05) is 19.2 Å². The number of esters is 1. The topological polar surface area (TPSA) is 58.2 Å². The number of nitrogens with one attached hydrogen (secondary N) is 1. The normalized spacial score (nSPS) is 18.9. The first-order chi connectivity index (χ1) is 9.61. The summed E-state index contributed by atoms with van der Waals surface area (Å²) in [7, 11) is 2.02. The van der Waals surface area contributed by atoms with Gasteiger partial charge in [0.1, 0.15) is 11.9 Å². The Balaban J connectivity index is 1.66. The maximum atomic E-state index is 11.1. The minimum absolute atomic E-state index is 0.0265. The van der Waals surface area contributed by atoms with Gasteiger partial charge in [0.2, 0.25) is 0 Å². The molecule has 0 bridgehead atoms. The molecule has 2 aromatic rings. The highest BCUT2D eigenvalue weighted by molar-refractivity contribution is 5.78. The lowest BCUT2D eigenvalue weighted by molar-refractivity contribution is -0.141.